The van der Waals surface area contributed by atoms with Gasteiger partial charge in [0.25, 0.3) is 0 Å². The van der Waals surface area contributed by atoms with Crippen LogP contribution >= 0.6 is 0 Å². The summed E-state index contributed by atoms with van der Waals surface area (Å²) in [5.74, 6) is -1.86. The number of carboxylic acid groups (broad SMARTS) is 1. The van der Waals surface area contributed by atoms with E-state index in [1.54, 1.807) is 0 Å². The molecule has 0 aromatic heterocycles. The molecule has 0 radical (unpaired) electrons. The van der Waals surface area contributed by atoms with Gasteiger partial charge in [-0.15, -0.1) is 0 Å². The Morgan fingerprint density at radius 2 is 2.12 bits per heavy atom. The summed E-state index contributed by atoms with van der Waals surface area (Å²) in [4.78, 5) is 21.9. The first-order chi connectivity index (χ1) is 8.04. The van der Waals surface area contributed by atoms with E-state index in [1.807, 2.05) is 6.92 Å². The molecule has 5 nitrogen and oxygen atoms in total. The van der Waals surface area contributed by atoms with Crippen molar-refractivity contribution in [2.75, 3.05) is 11.9 Å². The Morgan fingerprint density at radius 1 is 1.41 bits per heavy atom. The van der Waals surface area contributed by atoms with Gasteiger partial charge in [0.2, 0.25) is 0 Å². The zero-order valence-corrected chi connectivity index (χ0v) is 9.29. The number of anilines is 1. The van der Waals surface area contributed by atoms with Crippen molar-refractivity contribution in [3.63, 3.8) is 0 Å². The zero-order chi connectivity index (χ0) is 12.8. The highest BCUT2D eigenvalue weighted by atomic mass is 19.1. The molecule has 0 unspecified atom stereocenters. The Kier molecular flexibility index (Phi) is 4.45. The topological polar surface area (TPSA) is 78.4 Å². The SMILES string of the molecule is CCCNC(=O)Nc1cc(C(=O)O)ccc1F. The van der Waals surface area contributed by atoms with Gasteiger partial charge >= 0.3 is 12.0 Å². The molecule has 0 bridgehead atoms. The van der Waals surface area contributed by atoms with Crippen molar-refractivity contribution in [1.29, 1.82) is 0 Å². The van der Waals surface area contributed by atoms with Gasteiger partial charge in [0.05, 0.1) is 11.3 Å². The number of hydrogen-bond acceptors (Lipinski definition) is 2. The second kappa shape index (κ2) is 5.83. The molecule has 92 valence electrons. The van der Waals surface area contributed by atoms with Crippen molar-refractivity contribution in [2.45, 2.75) is 13.3 Å². The summed E-state index contributed by atoms with van der Waals surface area (Å²) >= 11 is 0. The zero-order valence-electron chi connectivity index (χ0n) is 9.29. The Labute approximate surface area is 97.6 Å². The molecular weight excluding hydrogens is 227 g/mol. The number of carbonyl (C=O) groups is 2. The first-order valence-corrected chi connectivity index (χ1v) is 5.12. The standard InChI is InChI=1S/C11H13FN2O3/c1-2-5-13-11(17)14-9-6-7(10(15)16)3-4-8(9)12/h3-4,6H,2,5H2,1H3,(H,15,16)(H2,13,14,17). The lowest BCUT2D eigenvalue weighted by atomic mass is 10.2. The van der Waals surface area contributed by atoms with Gasteiger partial charge in [-0.25, -0.2) is 14.0 Å². The molecule has 0 saturated carbocycles. The first-order valence-electron chi connectivity index (χ1n) is 5.12. The van der Waals surface area contributed by atoms with Gasteiger partial charge in [-0.3, -0.25) is 0 Å². The molecule has 6 heteroatoms. The quantitative estimate of drug-likeness (QED) is 0.753. The third kappa shape index (κ3) is 3.75. The van der Waals surface area contributed by atoms with Crippen LogP contribution in [0.2, 0.25) is 0 Å². The van der Waals surface area contributed by atoms with Gasteiger partial charge in [-0.05, 0) is 24.6 Å². The smallest absolute Gasteiger partial charge is 0.335 e. The van der Waals surface area contributed by atoms with Crippen molar-refractivity contribution < 1.29 is 19.1 Å². The monoisotopic (exact) mass is 240 g/mol. The van der Waals surface area contributed by atoms with E-state index in [1.165, 1.54) is 0 Å². The summed E-state index contributed by atoms with van der Waals surface area (Å²) in [7, 11) is 0. The fourth-order valence-electron chi connectivity index (χ4n) is 1.16. The summed E-state index contributed by atoms with van der Waals surface area (Å²) in [6, 6.07) is 2.64. The molecule has 1 rings (SSSR count). The Morgan fingerprint density at radius 3 is 2.71 bits per heavy atom. The lowest BCUT2D eigenvalue weighted by Gasteiger charge is -2.08. The number of urea groups is 1. The van der Waals surface area contributed by atoms with Gasteiger partial charge < -0.3 is 15.7 Å². The molecule has 1 aromatic carbocycles. The fourth-order valence-corrected chi connectivity index (χ4v) is 1.16. The highest BCUT2D eigenvalue weighted by molar-refractivity contribution is 5.93. The van der Waals surface area contributed by atoms with Crippen LogP contribution < -0.4 is 10.6 Å². The van der Waals surface area contributed by atoms with E-state index in [-0.39, 0.29) is 11.3 Å². The number of aromatic carboxylic acids is 1. The molecule has 0 aliphatic rings. The van der Waals surface area contributed by atoms with Crippen molar-refractivity contribution in [3.05, 3.63) is 29.6 Å². The highest BCUT2D eigenvalue weighted by Gasteiger charge is 2.10. The summed E-state index contributed by atoms with van der Waals surface area (Å²) in [5.41, 5.74) is -0.240. The molecule has 3 N–H and O–H groups in total. The molecule has 2 amide bonds. The number of halogens is 1. The number of benzene rings is 1. The second-order valence-electron chi connectivity index (χ2n) is 3.38. The number of amides is 2. The van der Waals surface area contributed by atoms with Gasteiger partial charge in [0, 0.05) is 6.54 Å². The number of carbonyl (C=O) groups excluding carboxylic acids is 1. The third-order valence-corrected chi connectivity index (χ3v) is 2.00. The summed E-state index contributed by atoms with van der Waals surface area (Å²) < 4.78 is 13.3. The Bertz CT molecular complexity index is 435. The molecule has 0 saturated heterocycles. The molecule has 0 aliphatic heterocycles. The molecule has 17 heavy (non-hydrogen) atoms. The normalized spacial score (nSPS) is 9.76. The summed E-state index contributed by atoms with van der Waals surface area (Å²) in [6.07, 6.45) is 0.755. The van der Waals surface area contributed by atoms with Crippen molar-refractivity contribution in [3.8, 4) is 0 Å². The second-order valence-corrected chi connectivity index (χ2v) is 3.38. The van der Waals surface area contributed by atoms with E-state index in [9.17, 15) is 14.0 Å². The van der Waals surface area contributed by atoms with Gasteiger partial charge in [0.1, 0.15) is 5.82 Å². The Hall–Kier alpha value is -2.11. The van der Waals surface area contributed by atoms with Gasteiger partial charge in [-0.2, -0.15) is 0 Å². The maximum absolute atomic E-state index is 13.3. The van der Waals surface area contributed by atoms with E-state index in [0.717, 1.165) is 24.6 Å². The number of nitrogens with one attached hydrogen (secondary N) is 2. The molecular formula is C11H13FN2O3. The van der Waals surface area contributed by atoms with Crippen LogP contribution in [0.3, 0.4) is 0 Å². The third-order valence-electron chi connectivity index (χ3n) is 2.00. The minimum atomic E-state index is -1.18. The molecule has 0 spiro atoms. The van der Waals surface area contributed by atoms with Gasteiger partial charge in [0.15, 0.2) is 0 Å². The molecule has 0 heterocycles. The van der Waals surface area contributed by atoms with Crippen LogP contribution in [0, 0.1) is 5.82 Å². The van der Waals surface area contributed by atoms with Crippen LogP contribution in [0.4, 0.5) is 14.9 Å². The summed E-state index contributed by atoms with van der Waals surface area (Å²) in [6.45, 7) is 2.35. The average molecular weight is 240 g/mol. The van der Waals surface area contributed by atoms with Crippen LogP contribution in [-0.4, -0.2) is 23.7 Å². The van der Waals surface area contributed by atoms with E-state index in [2.05, 4.69) is 10.6 Å². The molecule has 0 atom stereocenters. The summed E-state index contributed by atoms with van der Waals surface area (Å²) in [5, 5.41) is 13.5. The van der Waals surface area contributed by atoms with Gasteiger partial charge in [-0.1, -0.05) is 6.92 Å². The lowest BCUT2D eigenvalue weighted by molar-refractivity contribution is 0.0697. The molecule has 0 fully saturated rings. The van der Waals surface area contributed by atoms with Crippen molar-refractivity contribution >= 4 is 17.7 Å². The number of rotatable bonds is 4. The Balaban J connectivity index is 2.79. The molecule has 1 aromatic rings. The first kappa shape index (κ1) is 13.0. The minimum Gasteiger partial charge on any atom is -0.478 e. The van der Waals surface area contributed by atoms with Crippen LogP contribution in [0.15, 0.2) is 18.2 Å². The van der Waals surface area contributed by atoms with Crippen LogP contribution in [0.5, 0.6) is 0 Å². The van der Waals surface area contributed by atoms with Crippen molar-refractivity contribution in [1.82, 2.24) is 5.32 Å². The van der Waals surface area contributed by atoms with E-state index in [4.69, 9.17) is 5.11 Å². The van der Waals surface area contributed by atoms with E-state index < -0.39 is 17.8 Å². The maximum atomic E-state index is 13.3. The average Bonchev–Trinajstić information content (AvgIpc) is 2.29. The van der Waals surface area contributed by atoms with E-state index in [0.29, 0.717) is 6.54 Å². The van der Waals surface area contributed by atoms with Crippen LogP contribution in [0.1, 0.15) is 23.7 Å². The number of carboxylic acids is 1. The lowest BCUT2D eigenvalue weighted by Crippen LogP contribution is -2.29. The van der Waals surface area contributed by atoms with Crippen molar-refractivity contribution in [2.24, 2.45) is 0 Å². The number of hydrogen-bond donors (Lipinski definition) is 3. The highest BCUT2D eigenvalue weighted by Crippen LogP contribution is 2.16. The predicted molar refractivity (Wildman–Crippen MR) is 60.7 cm³/mol. The largest absolute Gasteiger partial charge is 0.478 e. The fraction of sp³-hybridized carbons (Fsp3) is 0.273. The predicted octanol–water partition coefficient (Wildman–Crippen LogP) is 2.06. The van der Waals surface area contributed by atoms with Crippen LogP contribution in [0.25, 0.3) is 0 Å². The molecule has 0 aliphatic carbocycles. The maximum Gasteiger partial charge on any atom is 0.335 e. The van der Waals surface area contributed by atoms with E-state index >= 15 is 0 Å². The van der Waals surface area contributed by atoms with Crippen LogP contribution in [-0.2, 0) is 0 Å². The minimum absolute atomic E-state index is 0.0859.